The van der Waals surface area contributed by atoms with E-state index in [9.17, 15) is 14.4 Å². The molecule has 0 saturated carbocycles. The molecular weight excluding hydrogens is 274 g/mol. The normalized spacial score (nSPS) is 14.5. The number of amides is 3. The molecule has 0 bridgehead atoms. The second-order valence-electron chi connectivity index (χ2n) is 4.69. The summed E-state index contributed by atoms with van der Waals surface area (Å²) in [6.45, 7) is 1.34. The summed E-state index contributed by atoms with van der Waals surface area (Å²) in [6, 6.07) is 6.54. The number of urea groups is 1. The van der Waals surface area contributed by atoms with Crippen molar-refractivity contribution in [2.75, 3.05) is 24.5 Å². The highest BCUT2D eigenvalue weighted by Crippen LogP contribution is 2.18. The Morgan fingerprint density at radius 3 is 2.90 bits per heavy atom. The number of carbonyl (C=O) groups is 3. The summed E-state index contributed by atoms with van der Waals surface area (Å²) in [5.74, 6) is -1.32. The highest BCUT2D eigenvalue weighted by molar-refractivity contribution is 5.98. The minimum absolute atomic E-state index is 0.0720. The van der Waals surface area contributed by atoms with Crippen molar-refractivity contribution >= 4 is 23.6 Å². The molecule has 0 aliphatic carbocycles. The number of carboxylic acid groups (broad SMARTS) is 1. The quantitative estimate of drug-likeness (QED) is 0.747. The van der Waals surface area contributed by atoms with Gasteiger partial charge in [0.1, 0.15) is 0 Å². The van der Waals surface area contributed by atoms with Gasteiger partial charge in [-0.05, 0) is 24.6 Å². The molecule has 0 aromatic heterocycles. The Morgan fingerprint density at radius 2 is 2.19 bits per heavy atom. The summed E-state index contributed by atoms with van der Waals surface area (Å²) < 4.78 is 0. The standard InChI is InChI=1S/C14H17N3O4/c18-12(19)5-7-15-13(20)10-3-1-4-11(9-10)17-8-2-6-16-14(17)21/h1,3-4,9H,2,5-8H2,(H,15,20)(H,16,21)(H,18,19). The van der Waals surface area contributed by atoms with Crippen molar-refractivity contribution in [3.05, 3.63) is 29.8 Å². The van der Waals surface area contributed by atoms with Gasteiger partial charge in [-0.15, -0.1) is 0 Å². The molecule has 0 spiro atoms. The van der Waals surface area contributed by atoms with E-state index in [2.05, 4.69) is 10.6 Å². The van der Waals surface area contributed by atoms with Crippen LogP contribution in [0.1, 0.15) is 23.2 Å². The van der Waals surface area contributed by atoms with Crippen LogP contribution in [-0.2, 0) is 4.79 Å². The molecule has 1 heterocycles. The third-order valence-corrected chi connectivity index (χ3v) is 3.12. The molecule has 1 saturated heterocycles. The topological polar surface area (TPSA) is 98.7 Å². The van der Waals surface area contributed by atoms with Crippen LogP contribution in [-0.4, -0.2) is 42.6 Å². The molecule has 1 fully saturated rings. The smallest absolute Gasteiger partial charge is 0.321 e. The van der Waals surface area contributed by atoms with E-state index in [1.807, 2.05) is 0 Å². The first-order valence-corrected chi connectivity index (χ1v) is 6.73. The monoisotopic (exact) mass is 291 g/mol. The van der Waals surface area contributed by atoms with Crippen molar-refractivity contribution in [1.29, 1.82) is 0 Å². The summed E-state index contributed by atoms with van der Waals surface area (Å²) >= 11 is 0. The van der Waals surface area contributed by atoms with E-state index in [0.717, 1.165) is 6.42 Å². The van der Waals surface area contributed by atoms with Gasteiger partial charge in [-0.3, -0.25) is 14.5 Å². The van der Waals surface area contributed by atoms with Gasteiger partial charge in [0, 0.05) is 30.9 Å². The molecule has 1 aliphatic heterocycles. The molecule has 21 heavy (non-hydrogen) atoms. The first-order valence-electron chi connectivity index (χ1n) is 6.73. The van der Waals surface area contributed by atoms with Crippen molar-refractivity contribution in [3.8, 4) is 0 Å². The number of rotatable bonds is 5. The van der Waals surface area contributed by atoms with E-state index < -0.39 is 5.97 Å². The summed E-state index contributed by atoms with van der Waals surface area (Å²) in [5, 5.41) is 13.8. The number of anilines is 1. The van der Waals surface area contributed by atoms with Crippen LogP contribution in [0.4, 0.5) is 10.5 Å². The predicted molar refractivity (Wildman–Crippen MR) is 76.4 cm³/mol. The Labute approximate surface area is 121 Å². The third kappa shape index (κ3) is 3.95. The maximum atomic E-state index is 11.9. The van der Waals surface area contributed by atoms with Gasteiger partial charge in [-0.25, -0.2) is 4.79 Å². The van der Waals surface area contributed by atoms with Crippen molar-refractivity contribution in [3.63, 3.8) is 0 Å². The minimum Gasteiger partial charge on any atom is -0.481 e. The lowest BCUT2D eigenvalue weighted by Crippen LogP contribution is -2.46. The largest absolute Gasteiger partial charge is 0.481 e. The minimum atomic E-state index is -0.964. The van der Waals surface area contributed by atoms with E-state index in [-0.39, 0.29) is 24.9 Å². The third-order valence-electron chi connectivity index (χ3n) is 3.12. The number of benzene rings is 1. The highest BCUT2D eigenvalue weighted by Gasteiger charge is 2.19. The van der Waals surface area contributed by atoms with Crippen LogP contribution in [0.3, 0.4) is 0 Å². The van der Waals surface area contributed by atoms with Crippen molar-refractivity contribution in [2.45, 2.75) is 12.8 Å². The zero-order valence-corrected chi connectivity index (χ0v) is 11.5. The molecule has 7 nitrogen and oxygen atoms in total. The molecule has 2 rings (SSSR count). The molecular formula is C14H17N3O4. The van der Waals surface area contributed by atoms with Gasteiger partial charge in [-0.2, -0.15) is 0 Å². The van der Waals surface area contributed by atoms with Gasteiger partial charge in [0.15, 0.2) is 0 Å². The zero-order chi connectivity index (χ0) is 15.2. The SMILES string of the molecule is O=C(O)CCNC(=O)c1cccc(N2CCCNC2=O)c1. The van der Waals surface area contributed by atoms with Crippen molar-refractivity contribution in [2.24, 2.45) is 0 Å². The summed E-state index contributed by atoms with van der Waals surface area (Å²) in [5.41, 5.74) is 1.05. The van der Waals surface area contributed by atoms with Crippen LogP contribution >= 0.6 is 0 Å². The average Bonchev–Trinajstić information content (AvgIpc) is 2.47. The number of hydrogen-bond donors (Lipinski definition) is 3. The number of hydrogen-bond acceptors (Lipinski definition) is 3. The summed E-state index contributed by atoms with van der Waals surface area (Å²) in [7, 11) is 0. The molecule has 3 amide bonds. The Hall–Kier alpha value is -2.57. The number of carboxylic acids is 1. The number of carbonyl (C=O) groups excluding carboxylic acids is 2. The van der Waals surface area contributed by atoms with Crippen LogP contribution in [0.2, 0.25) is 0 Å². The fourth-order valence-electron chi connectivity index (χ4n) is 2.08. The van der Waals surface area contributed by atoms with Crippen molar-refractivity contribution < 1.29 is 19.5 Å². The fraction of sp³-hybridized carbons (Fsp3) is 0.357. The Balaban J connectivity index is 2.04. The number of aliphatic carboxylic acids is 1. The lowest BCUT2D eigenvalue weighted by molar-refractivity contribution is -0.136. The van der Waals surface area contributed by atoms with Gasteiger partial charge < -0.3 is 15.7 Å². The maximum absolute atomic E-state index is 11.9. The van der Waals surface area contributed by atoms with E-state index in [1.54, 1.807) is 29.2 Å². The van der Waals surface area contributed by atoms with Crippen LogP contribution in [0, 0.1) is 0 Å². The molecule has 7 heteroatoms. The van der Waals surface area contributed by atoms with Gasteiger partial charge in [0.25, 0.3) is 5.91 Å². The molecule has 3 N–H and O–H groups in total. The van der Waals surface area contributed by atoms with Crippen LogP contribution in [0.15, 0.2) is 24.3 Å². The first kappa shape index (κ1) is 14.8. The Kier molecular flexibility index (Phi) is 4.76. The van der Waals surface area contributed by atoms with Crippen LogP contribution in [0.5, 0.6) is 0 Å². The Bertz CT molecular complexity index is 559. The second kappa shape index (κ2) is 6.74. The summed E-state index contributed by atoms with van der Waals surface area (Å²) in [6.07, 6.45) is 0.723. The molecule has 1 aromatic rings. The highest BCUT2D eigenvalue weighted by atomic mass is 16.4. The van der Waals surface area contributed by atoms with Gasteiger partial charge in [-0.1, -0.05) is 6.07 Å². The van der Waals surface area contributed by atoms with Gasteiger partial charge in [0.2, 0.25) is 0 Å². The molecule has 0 atom stereocenters. The van der Waals surface area contributed by atoms with Gasteiger partial charge in [0.05, 0.1) is 6.42 Å². The number of nitrogens with zero attached hydrogens (tertiary/aromatic N) is 1. The Morgan fingerprint density at radius 1 is 1.38 bits per heavy atom. The van der Waals surface area contributed by atoms with Crippen LogP contribution in [0.25, 0.3) is 0 Å². The zero-order valence-electron chi connectivity index (χ0n) is 11.5. The van der Waals surface area contributed by atoms with Gasteiger partial charge >= 0.3 is 12.0 Å². The maximum Gasteiger partial charge on any atom is 0.321 e. The van der Waals surface area contributed by atoms with Crippen LogP contribution < -0.4 is 15.5 Å². The fourth-order valence-corrected chi connectivity index (χ4v) is 2.08. The van der Waals surface area contributed by atoms with Crippen molar-refractivity contribution in [1.82, 2.24) is 10.6 Å². The van der Waals surface area contributed by atoms with E-state index in [0.29, 0.717) is 24.3 Å². The van der Waals surface area contributed by atoms with E-state index in [4.69, 9.17) is 5.11 Å². The molecule has 112 valence electrons. The molecule has 0 radical (unpaired) electrons. The summed E-state index contributed by atoms with van der Waals surface area (Å²) in [4.78, 5) is 35.7. The second-order valence-corrected chi connectivity index (χ2v) is 4.69. The predicted octanol–water partition coefficient (Wildman–Crippen LogP) is 0.811. The average molecular weight is 291 g/mol. The van der Waals surface area contributed by atoms with E-state index in [1.165, 1.54) is 0 Å². The molecule has 1 aliphatic rings. The lowest BCUT2D eigenvalue weighted by atomic mass is 10.1. The van der Waals surface area contributed by atoms with E-state index >= 15 is 0 Å². The lowest BCUT2D eigenvalue weighted by Gasteiger charge is -2.27. The molecule has 0 unspecified atom stereocenters. The first-order chi connectivity index (χ1) is 10.1. The molecule has 1 aromatic carbocycles. The number of nitrogens with one attached hydrogen (secondary N) is 2.